The Morgan fingerprint density at radius 1 is 0.373 bits per heavy atom. The molecule has 8 aromatic carbocycles. The van der Waals surface area contributed by atoms with Gasteiger partial charge < -0.3 is 13.7 Å². The van der Waals surface area contributed by atoms with Crippen LogP contribution in [0.5, 0.6) is 0 Å². The first-order chi connectivity index (χ1) is 25.2. The molecule has 0 saturated carbocycles. The molecule has 4 heteroatoms. The molecule has 11 rings (SSSR count). The normalized spacial score (nSPS) is 11.9. The van der Waals surface area contributed by atoms with Crippen molar-refractivity contribution in [2.45, 2.75) is 0 Å². The first-order valence-corrected chi connectivity index (χ1v) is 17.2. The molecule has 0 atom stereocenters. The van der Waals surface area contributed by atoms with Gasteiger partial charge in [0.15, 0.2) is 0 Å². The number of anilines is 3. The third-order valence-electron chi connectivity index (χ3n) is 10.2. The largest absolute Gasteiger partial charge is 0.455 e. The lowest BCUT2D eigenvalue weighted by Crippen LogP contribution is -2.10. The van der Waals surface area contributed by atoms with Gasteiger partial charge in [0.25, 0.3) is 0 Å². The molecular formula is C47H28N2O2. The fraction of sp³-hybridized carbons (Fsp3) is 0. The highest BCUT2D eigenvalue weighted by molar-refractivity contribution is 6.17. The lowest BCUT2D eigenvalue weighted by molar-refractivity contribution is 0.672. The average molecular weight is 653 g/mol. The molecule has 0 aliphatic carbocycles. The van der Waals surface area contributed by atoms with Crippen molar-refractivity contribution >= 4 is 93.4 Å². The Hall–Kier alpha value is -6.91. The minimum absolute atomic E-state index is 0.904. The van der Waals surface area contributed by atoms with E-state index in [1.807, 2.05) is 36.4 Å². The maximum Gasteiger partial charge on any atom is 0.143 e. The first-order valence-electron chi connectivity index (χ1n) is 17.2. The highest BCUT2D eigenvalue weighted by Crippen LogP contribution is 2.42. The van der Waals surface area contributed by atoms with Crippen LogP contribution in [0.1, 0.15) is 0 Å². The molecule has 238 valence electrons. The van der Waals surface area contributed by atoms with Gasteiger partial charge in [0.1, 0.15) is 22.3 Å². The number of hydrogen-bond acceptors (Lipinski definition) is 4. The third-order valence-corrected chi connectivity index (χ3v) is 10.2. The smallest absolute Gasteiger partial charge is 0.143 e. The molecule has 0 fully saturated rings. The SMILES string of the molecule is c1ccc2nc(-c3ccc(N(c4ccc5c(ccc6c7ccccc7oc56)c4)c4ccc5c(ccc6c7ccccc7oc56)c4)cc3)ccc2c1. The van der Waals surface area contributed by atoms with E-state index in [9.17, 15) is 0 Å². The van der Waals surface area contributed by atoms with E-state index in [2.05, 4.69) is 138 Å². The van der Waals surface area contributed by atoms with Crippen molar-refractivity contribution in [3.63, 3.8) is 0 Å². The molecule has 0 bridgehead atoms. The van der Waals surface area contributed by atoms with Crippen LogP contribution in [-0.2, 0) is 0 Å². The van der Waals surface area contributed by atoms with Crippen molar-refractivity contribution in [1.82, 2.24) is 4.98 Å². The summed E-state index contributed by atoms with van der Waals surface area (Å²) < 4.78 is 12.8. The van der Waals surface area contributed by atoms with Crippen molar-refractivity contribution in [2.24, 2.45) is 0 Å². The average Bonchev–Trinajstić information content (AvgIpc) is 3.77. The zero-order valence-electron chi connectivity index (χ0n) is 27.4. The van der Waals surface area contributed by atoms with Crippen molar-refractivity contribution < 1.29 is 8.83 Å². The van der Waals surface area contributed by atoms with Gasteiger partial charge in [-0.15, -0.1) is 0 Å². The maximum atomic E-state index is 6.39. The van der Waals surface area contributed by atoms with Crippen LogP contribution in [-0.4, -0.2) is 4.98 Å². The summed E-state index contributed by atoms with van der Waals surface area (Å²) in [5.74, 6) is 0. The number of para-hydroxylation sites is 3. The van der Waals surface area contributed by atoms with Gasteiger partial charge >= 0.3 is 0 Å². The molecule has 0 saturated heterocycles. The molecule has 51 heavy (non-hydrogen) atoms. The molecule has 3 aromatic heterocycles. The van der Waals surface area contributed by atoms with E-state index < -0.39 is 0 Å². The number of fused-ring (bicyclic) bond motifs is 11. The predicted molar refractivity (Wildman–Crippen MR) is 211 cm³/mol. The monoisotopic (exact) mass is 652 g/mol. The van der Waals surface area contributed by atoms with Gasteiger partial charge in [-0.3, -0.25) is 0 Å². The van der Waals surface area contributed by atoms with Crippen LogP contribution in [0.4, 0.5) is 17.1 Å². The minimum atomic E-state index is 0.904. The Labute approximate surface area is 292 Å². The molecule has 0 radical (unpaired) electrons. The number of furan rings is 2. The van der Waals surface area contributed by atoms with Gasteiger partial charge in [0.2, 0.25) is 0 Å². The van der Waals surface area contributed by atoms with Crippen molar-refractivity contribution in [1.29, 1.82) is 0 Å². The van der Waals surface area contributed by atoms with Crippen LogP contribution in [0.3, 0.4) is 0 Å². The molecular weight excluding hydrogens is 625 g/mol. The van der Waals surface area contributed by atoms with E-state index in [0.29, 0.717) is 0 Å². The van der Waals surface area contributed by atoms with Crippen LogP contribution in [0.2, 0.25) is 0 Å². The van der Waals surface area contributed by atoms with Crippen LogP contribution >= 0.6 is 0 Å². The highest BCUT2D eigenvalue weighted by Gasteiger charge is 2.18. The van der Waals surface area contributed by atoms with Gasteiger partial charge in [0.05, 0.1) is 11.2 Å². The van der Waals surface area contributed by atoms with E-state index in [0.717, 1.165) is 105 Å². The summed E-state index contributed by atoms with van der Waals surface area (Å²) in [5, 5.41) is 10.1. The Morgan fingerprint density at radius 3 is 1.51 bits per heavy atom. The Balaban J connectivity index is 1.07. The minimum Gasteiger partial charge on any atom is -0.455 e. The molecule has 11 aromatic rings. The second-order valence-electron chi connectivity index (χ2n) is 13.2. The number of aromatic nitrogens is 1. The van der Waals surface area contributed by atoms with Crippen LogP contribution in [0, 0.1) is 0 Å². The van der Waals surface area contributed by atoms with Crippen molar-refractivity contribution in [2.75, 3.05) is 4.90 Å². The second-order valence-corrected chi connectivity index (χ2v) is 13.2. The van der Waals surface area contributed by atoms with Gasteiger partial charge in [-0.2, -0.15) is 0 Å². The summed E-state index contributed by atoms with van der Waals surface area (Å²) in [6, 6.07) is 59.7. The molecule has 3 heterocycles. The molecule has 0 aliphatic rings. The molecule has 0 amide bonds. The van der Waals surface area contributed by atoms with Gasteiger partial charge in [-0.25, -0.2) is 4.98 Å². The number of pyridine rings is 1. The maximum absolute atomic E-state index is 6.39. The molecule has 0 aliphatic heterocycles. The standard InChI is InChI=1S/C47H28N2O2/c1-4-10-42-29(7-1)17-26-43(48-42)30-13-18-33(19-14-30)49(34-20-24-36-31(27-34)15-22-40-38-8-2-5-11-44(38)50-46(36)40)35-21-25-37-32(28-35)16-23-41-39-9-3-6-12-45(39)51-47(37)41/h1-28H. The Morgan fingerprint density at radius 2 is 0.882 bits per heavy atom. The lowest BCUT2D eigenvalue weighted by atomic mass is 10.0. The summed E-state index contributed by atoms with van der Waals surface area (Å²) in [4.78, 5) is 7.28. The van der Waals surface area contributed by atoms with Gasteiger partial charge in [0, 0.05) is 60.3 Å². The second kappa shape index (κ2) is 10.8. The zero-order chi connectivity index (χ0) is 33.5. The number of rotatable bonds is 4. The summed E-state index contributed by atoms with van der Waals surface area (Å²) in [6.45, 7) is 0. The van der Waals surface area contributed by atoms with Crippen LogP contribution < -0.4 is 4.90 Å². The molecule has 4 nitrogen and oxygen atoms in total. The van der Waals surface area contributed by atoms with Gasteiger partial charge in [-0.1, -0.05) is 84.9 Å². The fourth-order valence-electron chi connectivity index (χ4n) is 7.73. The molecule has 0 unspecified atom stereocenters. The predicted octanol–water partition coefficient (Wildman–Crippen LogP) is 13.5. The van der Waals surface area contributed by atoms with Crippen molar-refractivity contribution in [3.05, 3.63) is 170 Å². The van der Waals surface area contributed by atoms with Crippen molar-refractivity contribution in [3.8, 4) is 11.3 Å². The lowest BCUT2D eigenvalue weighted by Gasteiger charge is -2.26. The van der Waals surface area contributed by atoms with Crippen LogP contribution in [0.15, 0.2) is 179 Å². The van der Waals surface area contributed by atoms with E-state index in [1.165, 1.54) is 0 Å². The third kappa shape index (κ3) is 4.37. The van der Waals surface area contributed by atoms with E-state index in [-0.39, 0.29) is 0 Å². The highest BCUT2D eigenvalue weighted by atomic mass is 16.3. The quantitative estimate of drug-likeness (QED) is 0.190. The summed E-state index contributed by atoms with van der Waals surface area (Å²) in [6.07, 6.45) is 0. The van der Waals surface area contributed by atoms with Crippen LogP contribution in [0.25, 0.3) is 87.6 Å². The summed E-state index contributed by atoms with van der Waals surface area (Å²) in [5.41, 5.74) is 9.81. The van der Waals surface area contributed by atoms with E-state index in [1.54, 1.807) is 0 Å². The molecule has 0 spiro atoms. The Bertz CT molecular complexity index is 3000. The van der Waals surface area contributed by atoms with E-state index >= 15 is 0 Å². The zero-order valence-corrected chi connectivity index (χ0v) is 27.4. The van der Waals surface area contributed by atoms with Gasteiger partial charge in [-0.05, 0) is 95.7 Å². The Kier molecular flexibility index (Phi) is 5.92. The number of nitrogens with zero attached hydrogens (tertiary/aromatic N) is 2. The summed E-state index contributed by atoms with van der Waals surface area (Å²) >= 11 is 0. The fourth-order valence-corrected chi connectivity index (χ4v) is 7.73. The number of hydrogen-bond donors (Lipinski definition) is 0. The molecule has 0 N–H and O–H groups in total. The topological polar surface area (TPSA) is 42.4 Å². The first kappa shape index (κ1) is 28.0. The number of benzene rings is 8. The summed E-state index contributed by atoms with van der Waals surface area (Å²) in [7, 11) is 0. The van der Waals surface area contributed by atoms with E-state index in [4.69, 9.17) is 13.8 Å².